The van der Waals surface area contributed by atoms with Crippen molar-refractivity contribution in [3.8, 4) is 11.3 Å². The Kier molecular flexibility index (Phi) is 5.86. The van der Waals surface area contributed by atoms with Crippen molar-refractivity contribution in [1.29, 1.82) is 0 Å². The Morgan fingerprint density at radius 1 is 1.05 bits per heavy atom. The summed E-state index contributed by atoms with van der Waals surface area (Å²) in [5, 5.41) is 1.23. The van der Waals surface area contributed by atoms with Gasteiger partial charge in [0.1, 0.15) is 28.4 Å². The average Bonchev–Trinajstić information content (AvgIpc) is 3.13. The second-order valence-corrected chi connectivity index (χ2v) is 11.2. The molecule has 0 spiro atoms. The predicted molar refractivity (Wildman–Crippen MR) is 142 cm³/mol. The predicted octanol–water partition coefficient (Wildman–Crippen LogP) is 6.36. The molecular weight excluding hydrogens is 512 g/mol. The minimum Gasteiger partial charge on any atom is -0.444 e. The van der Waals surface area contributed by atoms with Gasteiger partial charge in [0.05, 0.1) is 17.5 Å². The Labute approximate surface area is 223 Å². The van der Waals surface area contributed by atoms with Gasteiger partial charge in [-0.25, -0.2) is 18.6 Å². The van der Waals surface area contributed by atoms with Crippen LogP contribution in [0.15, 0.2) is 42.6 Å². The van der Waals surface area contributed by atoms with Gasteiger partial charge in [-0.1, -0.05) is 30.3 Å². The number of rotatable bonds is 2. The van der Waals surface area contributed by atoms with Gasteiger partial charge in [-0.2, -0.15) is 4.98 Å². The Balaban J connectivity index is 1.39. The van der Waals surface area contributed by atoms with Gasteiger partial charge >= 0.3 is 6.09 Å². The maximum absolute atomic E-state index is 16.0. The molecule has 6 rings (SSSR count). The lowest BCUT2D eigenvalue weighted by Gasteiger charge is -2.42. The Morgan fingerprint density at radius 2 is 1.74 bits per heavy atom. The van der Waals surface area contributed by atoms with E-state index in [9.17, 15) is 9.18 Å². The normalized spacial score (nSPS) is 19.4. The van der Waals surface area contributed by atoms with Gasteiger partial charge < -0.3 is 9.64 Å². The highest BCUT2D eigenvalue weighted by Crippen LogP contribution is 2.38. The van der Waals surface area contributed by atoms with Crippen molar-refractivity contribution in [3.05, 3.63) is 59.5 Å². The number of benzene rings is 2. The van der Waals surface area contributed by atoms with E-state index in [-0.39, 0.29) is 40.1 Å². The Hall–Kier alpha value is -3.59. The molecule has 2 aliphatic heterocycles. The summed E-state index contributed by atoms with van der Waals surface area (Å²) in [6.45, 7) is 6.54. The number of hydrogen-bond donors (Lipinski definition) is 0. The topological polar surface area (TPSA) is 71.5 Å². The summed E-state index contributed by atoms with van der Waals surface area (Å²) in [5.41, 5.74) is -0.248. The van der Waals surface area contributed by atoms with Crippen LogP contribution in [0.25, 0.3) is 32.9 Å². The van der Waals surface area contributed by atoms with Crippen LogP contribution in [0.4, 0.5) is 19.4 Å². The Bertz CT molecular complexity index is 1570. The first-order valence-corrected chi connectivity index (χ1v) is 12.9. The molecule has 2 aromatic heterocycles. The van der Waals surface area contributed by atoms with Gasteiger partial charge in [0.2, 0.25) is 5.28 Å². The molecule has 196 valence electrons. The number of carbonyl (C=O) groups is 1. The lowest BCUT2D eigenvalue weighted by Crippen LogP contribution is -2.57. The van der Waals surface area contributed by atoms with Crippen molar-refractivity contribution in [1.82, 2.24) is 19.9 Å². The summed E-state index contributed by atoms with van der Waals surface area (Å²) in [6.07, 6.45) is 2.86. The van der Waals surface area contributed by atoms with E-state index in [4.69, 9.17) is 16.3 Å². The number of pyridine rings is 1. The van der Waals surface area contributed by atoms with Gasteiger partial charge in [0.25, 0.3) is 0 Å². The molecule has 4 heterocycles. The fraction of sp³-hybridized carbons (Fsp3) is 0.357. The molecule has 0 radical (unpaired) electrons. The minimum absolute atomic E-state index is 0.0104. The molecule has 1 amide bonds. The lowest BCUT2D eigenvalue weighted by atomic mass is 10.0. The van der Waals surface area contributed by atoms with E-state index in [0.717, 1.165) is 12.8 Å². The monoisotopic (exact) mass is 537 g/mol. The molecule has 10 heteroatoms. The fourth-order valence-electron chi connectivity index (χ4n) is 5.63. The molecule has 0 unspecified atom stereocenters. The molecular formula is C28H26ClF2N5O2. The quantitative estimate of drug-likeness (QED) is 0.277. The summed E-state index contributed by atoms with van der Waals surface area (Å²) < 4.78 is 36.4. The number of hydrogen-bond acceptors (Lipinski definition) is 6. The molecule has 4 aromatic rings. The molecule has 2 aliphatic rings. The van der Waals surface area contributed by atoms with Crippen LogP contribution < -0.4 is 4.90 Å². The number of carbonyl (C=O) groups excluding carboxylic acids is 1. The van der Waals surface area contributed by atoms with E-state index in [1.54, 1.807) is 30.3 Å². The highest BCUT2D eigenvalue weighted by Gasteiger charge is 2.45. The van der Waals surface area contributed by atoms with Gasteiger partial charge in [-0.05, 0) is 56.7 Å². The van der Waals surface area contributed by atoms with E-state index in [1.165, 1.54) is 12.3 Å². The highest BCUT2D eigenvalue weighted by molar-refractivity contribution is 6.28. The van der Waals surface area contributed by atoms with Crippen LogP contribution >= 0.6 is 11.6 Å². The number of fused-ring (bicyclic) bond motifs is 4. The second kappa shape index (κ2) is 9.01. The first-order valence-electron chi connectivity index (χ1n) is 12.6. The van der Waals surface area contributed by atoms with Gasteiger partial charge in [0.15, 0.2) is 5.82 Å². The number of halogens is 3. The number of aromatic nitrogens is 3. The molecule has 2 atom stereocenters. The molecule has 0 aliphatic carbocycles. The molecule has 38 heavy (non-hydrogen) atoms. The largest absolute Gasteiger partial charge is 0.444 e. The number of anilines is 1. The smallest absolute Gasteiger partial charge is 0.410 e. The van der Waals surface area contributed by atoms with Crippen molar-refractivity contribution in [3.63, 3.8) is 0 Å². The molecule has 2 saturated heterocycles. The van der Waals surface area contributed by atoms with Gasteiger partial charge in [0, 0.05) is 30.2 Å². The molecule has 0 N–H and O–H groups in total. The average molecular weight is 538 g/mol. The summed E-state index contributed by atoms with van der Waals surface area (Å²) in [4.78, 5) is 29.7. The van der Waals surface area contributed by atoms with E-state index < -0.39 is 17.2 Å². The summed E-state index contributed by atoms with van der Waals surface area (Å²) in [5.74, 6) is -0.693. The second-order valence-electron chi connectivity index (χ2n) is 10.8. The number of ether oxygens (including phenoxy) is 1. The number of piperazine rings is 1. The van der Waals surface area contributed by atoms with Crippen LogP contribution in [0.2, 0.25) is 5.28 Å². The van der Waals surface area contributed by atoms with Crippen LogP contribution in [-0.4, -0.2) is 56.7 Å². The van der Waals surface area contributed by atoms with Crippen LogP contribution in [0.5, 0.6) is 0 Å². The van der Waals surface area contributed by atoms with Crippen molar-refractivity contribution in [2.24, 2.45) is 0 Å². The lowest BCUT2D eigenvalue weighted by molar-refractivity contribution is 0.0123. The minimum atomic E-state index is -0.695. The summed E-state index contributed by atoms with van der Waals surface area (Å²) in [7, 11) is 0. The molecule has 0 saturated carbocycles. The zero-order chi connectivity index (χ0) is 26.8. The van der Waals surface area contributed by atoms with Gasteiger partial charge in [-0.15, -0.1) is 0 Å². The van der Waals surface area contributed by atoms with E-state index in [0.29, 0.717) is 35.2 Å². The van der Waals surface area contributed by atoms with Crippen molar-refractivity contribution >= 4 is 45.2 Å². The van der Waals surface area contributed by atoms with Gasteiger partial charge in [-0.3, -0.25) is 9.88 Å². The number of amides is 1. The van der Waals surface area contributed by atoms with Crippen LogP contribution in [0, 0.1) is 11.6 Å². The van der Waals surface area contributed by atoms with E-state index in [2.05, 4.69) is 15.0 Å². The standard InChI is InChI=1S/C28H26ClF2N5O2/c1-28(2,3)38-27(37)36-16-10-11-17(36)14-35(13-16)25-19-12-32-23(22(31)24(19)33-26(29)34-25)18-8-4-6-15-7-5-9-20(30)21(15)18/h4-9,12,16-17H,10-11,13-14H2,1-3H3/t16-,17-/m0/s1. The molecule has 7 nitrogen and oxygen atoms in total. The van der Waals surface area contributed by atoms with Crippen molar-refractivity contribution in [2.45, 2.75) is 51.3 Å². The molecule has 2 aromatic carbocycles. The third kappa shape index (κ3) is 4.18. The maximum Gasteiger partial charge on any atom is 0.410 e. The van der Waals surface area contributed by atoms with Crippen molar-refractivity contribution < 1.29 is 18.3 Å². The van der Waals surface area contributed by atoms with E-state index in [1.807, 2.05) is 30.6 Å². The van der Waals surface area contributed by atoms with Crippen molar-refractivity contribution in [2.75, 3.05) is 18.0 Å². The molecule has 2 bridgehead atoms. The SMILES string of the molecule is CC(C)(C)OC(=O)N1[C@H]2CC[C@H]1CN(c1nc(Cl)nc3c(F)c(-c4cccc5cccc(F)c45)ncc13)C2. The zero-order valence-corrected chi connectivity index (χ0v) is 22.0. The van der Waals surface area contributed by atoms with E-state index >= 15 is 4.39 Å². The van der Waals surface area contributed by atoms with Crippen LogP contribution in [0.1, 0.15) is 33.6 Å². The van der Waals surface area contributed by atoms with Crippen LogP contribution in [-0.2, 0) is 4.74 Å². The first-order chi connectivity index (χ1) is 18.1. The summed E-state index contributed by atoms with van der Waals surface area (Å²) in [6, 6.07) is 9.73. The third-order valence-electron chi connectivity index (χ3n) is 7.13. The first kappa shape index (κ1) is 24.7. The summed E-state index contributed by atoms with van der Waals surface area (Å²) >= 11 is 6.29. The third-order valence-corrected chi connectivity index (χ3v) is 7.30. The maximum atomic E-state index is 16.0. The zero-order valence-electron chi connectivity index (χ0n) is 21.2. The fourth-order valence-corrected chi connectivity index (χ4v) is 5.79. The van der Waals surface area contributed by atoms with Crippen LogP contribution in [0.3, 0.4) is 0 Å². The highest BCUT2D eigenvalue weighted by atomic mass is 35.5. The Morgan fingerprint density at radius 3 is 2.42 bits per heavy atom. The molecule has 2 fully saturated rings. The number of nitrogens with zero attached hydrogens (tertiary/aromatic N) is 5.